The molecule has 0 saturated carbocycles. The highest BCUT2D eigenvalue weighted by molar-refractivity contribution is 5.83. The number of carbonyl (C=O) groups is 2. The van der Waals surface area contributed by atoms with Gasteiger partial charge in [-0.25, -0.2) is 0 Å². The number of carbonyl (C=O) groups excluding carboxylic acids is 2. The van der Waals surface area contributed by atoms with E-state index >= 15 is 0 Å². The SMILES string of the molecule is COCC(O)CN(C)C(=O)CNC(C)=O. The molecule has 0 saturated heterocycles. The summed E-state index contributed by atoms with van der Waals surface area (Å²) >= 11 is 0. The van der Waals surface area contributed by atoms with E-state index in [0.717, 1.165) is 0 Å². The van der Waals surface area contributed by atoms with Gasteiger partial charge in [0.15, 0.2) is 0 Å². The Bertz CT molecular complexity index is 220. The molecule has 0 aromatic heterocycles. The molecule has 0 radical (unpaired) electrons. The minimum atomic E-state index is -0.707. The maximum absolute atomic E-state index is 11.3. The molecule has 0 bridgehead atoms. The molecule has 1 unspecified atom stereocenters. The summed E-state index contributed by atoms with van der Waals surface area (Å²) in [5.74, 6) is -0.505. The first-order chi connectivity index (χ1) is 6.97. The maximum atomic E-state index is 11.3. The van der Waals surface area contributed by atoms with Crippen molar-refractivity contribution >= 4 is 11.8 Å². The fraction of sp³-hybridized carbons (Fsp3) is 0.778. The third kappa shape index (κ3) is 6.87. The number of hydrogen-bond donors (Lipinski definition) is 2. The van der Waals surface area contributed by atoms with E-state index in [4.69, 9.17) is 4.74 Å². The second-order valence-electron chi connectivity index (χ2n) is 3.29. The van der Waals surface area contributed by atoms with Gasteiger partial charge in [0.2, 0.25) is 11.8 Å². The first kappa shape index (κ1) is 13.9. The van der Waals surface area contributed by atoms with Crippen LogP contribution in [0, 0.1) is 0 Å². The Morgan fingerprint density at radius 2 is 2.13 bits per heavy atom. The van der Waals surface area contributed by atoms with Crippen LogP contribution in [0.25, 0.3) is 0 Å². The number of aliphatic hydroxyl groups is 1. The van der Waals surface area contributed by atoms with E-state index in [-0.39, 0.29) is 31.5 Å². The first-order valence-electron chi connectivity index (χ1n) is 4.62. The van der Waals surface area contributed by atoms with Crippen molar-refractivity contribution in [3.8, 4) is 0 Å². The van der Waals surface area contributed by atoms with Crippen LogP contribution in [0.15, 0.2) is 0 Å². The smallest absolute Gasteiger partial charge is 0.241 e. The number of amides is 2. The molecule has 15 heavy (non-hydrogen) atoms. The standard InChI is InChI=1S/C9H18N2O4/c1-7(12)10-4-9(14)11(2)5-8(13)6-15-3/h8,13H,4-6H2,1-3H3,(H,10,12). The van der Waals surface area contributed by atoms with Crippen LogP contribution >= 0.6 is 0 Å². The topological polar surface area (TPSA) is 78.9 Å². The number of nitrogens with one attached hydrogen (secondary N) is 1. The largest absolute Gasteiger partial charge is 0.389 e. The molecule has 0 rings (SSSR count). The quantitative estimate of drug-likeness (QED) is 0.574. The highest BCUT2D eigenvalue weighted by Crippen LogP contribution is 1.90. The van der Waals surface area contributed by atoms with Crippen molar-refractivity contribution in [2.24, 2.45) is 0 Å². The summed E-state index contributed by atoms with van der Waals surface area (Å²) in [6, 6.07) is 0. The lowest BCUT2D eigenvalue weighted by molar-refractivity contribution is -0.132. The Kier molecular flexibility index (Phi) is 6.64. The van der Waals surface area contributed by atoms with E-state index in [1.54, 1.807) is 7.05 Å². The normalized spacial score (nSPS) is 12.0. The molecule has 0 heterocycles. The van der Waals surface area contributed by atoms with Crippen molar-refractivity contribution in [2.75, 3.05) is 33.9 Å². The van der Waals surface area contributed by atoms with Crippen molar-refractivity contribution in [1.29, 1.82) is 0 Å². The minimum Gasteiger partial charge on any atom is -0.389 e. The van der Waals surface area contributed by atoms with Gasteiger partial charge in [0.25, 0.3) is 0 Å². The third-order valence-electron chi connectivity index (χ3n) is 1.76. The lowest BCUT2D eigenvalue weighted by Crippen LogP contribution is -2.41. The number of aliphatic hydroxyl groups excluding tert-OH is 1. The fourth-order valence-corrected chi connectivity index (χ4v) is 0.998. The van der Waals surface area contributed by atoms with Gasteiger partial charge in [-0.1, -0.05) is 0 Å². The van der Waals surface area contributed by atoms with Crippen LogP contribution < -0.4 is 5.32 Å². The van der Waals surface area contributed by atoms with Crippen molar-refractivity contribution in [1.82, 2.24) is 10.2 Å². The molecule has 6 heteroatoms. The Labute approximate surface area is 89.2 Å². The summed E-state index contributed by atoms with van der Waals surface area (Å²) in [5, 5.41) is 11.7. The van der Waals surface area contributed by atoms with Gasteiger partial charge in [-0.2, -0.15) is 0 Å². The molecule has 0 spiro atoms. The van der Waals surface area contributed by atoms with Gasteiger partial charge in [-0.05, 0) is 0 Å². The molecule has 1 atom stereocenters. The van der Waals surface area contributed by atoms with Crippen LogP contribution in [0.5, 0.6) is 0 Å². The zero-order valence-corrected chi connectivity index (χ0v) is 9.32. The van der Waals surface area contributed by atoms with Crippen LogP contribution in [0.4, 0.5) is 0 Å². The summed E-state index contributed by atoms with van der Waals surface area (Å²) in [6.07, 6.45) is -0.707. The second kappa shape index (κ2) is 7.19. The predicted molar refractivity (Wildman–Crippen MR) is 54.2 cm³/mol. The van der Waals surface area contributed by atoms with Crippen molar-refractivity contribution < 1.29 is 19.4 Å². The number of methoxy groups -OCH3 is 1. The molecule has 2 N–H and O–H groups in total. The summed E-state index contributed by atoms with van der Waals surface area (Å²) in [7, 11) is 3.03. The van der Waals surface area contributed by atoms with E-state index in [9.17, 15) is 14.7 Å². The summed E-state index contributed by atoms with van der Waals surface area (Å²) in [4.78, 5) is 23.2. The van der Waals surface area contributed by atoms with E-state index in [1.165, 1.54) is 18.9 Å². The van der Waals surface area contributed by atoms with Crippen LogP contribution in [-0.2, 0) is 14.3 Å². The van der Waals surface area contributed by atoms with Gasteiger partial charge in [-0.15, -0.1) is 0 Å². The van der Waals surface area contributed by atoms with E-state index in [1.807, 2.05) is 0 Å². The van der Waals surface area contributed by atoms with Gasteiger partial charge < -0.3 is 20.1 Å². The summed E-state index contributed by atoms with van der Waals surface area (Å²) in [6.45, 7) is 1.66. The molecule has 2 amide bonds. The molecule has 6 nitrogen and oxygen atoms in total. The van der Waals surface area contributed by atoms with E-state index in [2.05, 4.69) is 5.32 Å². The first-order valence-corrected chi connectivity index (χ1v) is 4.62. The third-order valence-corrected chi connectivity index (χ3v) is 1.76. The van der Waals surface area contributed by atoms with Gasteiger partial charge in [0.1, 0.15) is 0 Å². The minimum absolute atomic E-state index is 0.0501. The second-order valence-corrected chi connectivity index (χ2v) is 3.29. The highest BCUT2D eigenvalue weighted by Gasteiger charge is 2.13. The summed E-state index contributed by atoms with van der Waals surface area (Å²) < 4.78 is 4.72. The van der Waals surface area contributed by atoms with Crippen LogP contribution in [-0.4, -0.2) is 61.8 Å². The number of rotatable bonds is 6. The van der Waals surface area contributed by atoms with Gasteiger partial charge in [0.05, 0.1) is 19.3 Å². The molecule has 0 aromatic carbocycles. The van der Waals surface area contributed by atoms with Crippen LogP contribution in [0.1, 0.15) is 6.92 Å². The number of nitrogens with zero attached hydrogens (tertiary/aromatic N) is 1. The Hall–Kier alpha value is -1.14. The molecule has 0 aliphatic carbocycles. The van der Waals surface area contributed by atoms with E-state index < -0.39 is 6.10 Å². The molecular formula is C9H18N2O4. The molecule has 0 aliphatic rings. The molecule has 0 aliphatic heterocycles. The van der Waals surface area contributed by atoms with E-state index in [0.29, 0.717) is 0 Å². The Balaban J connectivity index is 3.82. The lowest BCUT2D eigenvalue weighted by Gasteiger charge is -2.20. The lowest BCUT2D eigenvalue weighted by atomic mass is 10.3. The molecular weight excluding hydrogens is 200 g/mol. The van der Waals surface area contributed by atoms with Gasteiger partial charge in [-0.3, -0.25) is 9.59 Å². The Morgan fingerprint density at radius 1 is 1.53 bits per heavy atom. The average Bonchev–Trinajstić information content (AvgIpc) is 2.14. The number of likely N-dealkylation sites (N-methyl/N-ethyl adjacent to an activating group) is 1. The van der Waals surface area contributed by atoms with Gasteiger partial charge in [0, 0.05) is 27.6 Å². The molecule has 0 fully saturated rings. The van der Waals surface area contributed by atoms with Crippen LogP contribution in [0.2, 0.25) is 0 Å². The zero-order valence-electron chi connectivity index (χ0n) is 9.32. The maximum Gasteiger partial charge on any atom is 0.241 e. The zero-order chi connectivity index (χ0) is 11.8. The molecule has 0 aromatic rings. The van der Waals surface area contributed by atoms with Crippen LogP contribution in [0.3, 0.4) is 0 Å². The van der Waals surface area contributed by atoms with Crippen molar-refractivity contribution in [3.05, 3.63) is 0 Å². The van der Waals surface area contributed by atoms with Gasteiger partial charge >= 0.3 is 0 Å². The predicted octanol–water partition coefficient (Wildman–Crippen LogP) is -1.41. The number of ether oxygens (including phenoxy) is 1. The highest BCUT2D eigenvalue weighted by atomic mass is 16.5. The number of hydrogen-bond acceptors (Lipinski definition) is 4. The molecule has 88 valence electrons. The summed E-state index contributed by atoms with van der Waals surface area (Å²) in [5.41, 5.74) is 0. The monoisotopic (exact) mass is 218 g/mol. The average molecular weight is 218 g/mol. The fourth-order valence-electron chi connectivity index (χ4n) is 0.998. The Morgan fingerprint density at radius 3 is 2.60 bits per heavy atom. The van der Waals surface area contributed by atoms with Crippen molar-refractivity contribution in [2.45, 2.75) is 13.0 Å². The van der Waals surface area contributed by atoms with Crippen molar-refractivity contribution in [3.63, 3.8) is 0 Å².